The minimum absolute atomic E-state index is 0.0735. The third kappa shape index (κ3) is 4.95. The van der Waals surface area contributed by atoms with Gasteiger partial charge in [-0.3, -0.25) is 9.59 Å². The molecule has 2 saturated heterocycles. The lowest BCUT2D eigenvalue weighted by Gasteiger charge is -2.31. The van der Waals surface area contributed by atoms with Gasteiger partial charge in [0.05, 0.1) is 10.8 Å². The fourth-order valence-corrected chi connectivity index (χ4v) is 6.45. The summed E-state index contributed by atoms with van der Waals surface area (Å²) >= 11 is 0. The van der Waals surface area contributed by atoms with Gasteiger partial charge in [-0.1, -0.05) is 26.2 Å². The van der Waals surface area contributed by atoms with Crippen molar-refractivity contribution in [3.63, 3.8) is 0 Å². The summed E-state index contributed by atoms with van der Waals surface area (Å²) in [5, 5.41) is 2.87. The van der Waals surface area contributed by atoms with E-state index in [0.29, 0.717) is 31.2 Å². The van der Waals surface area contributed by atoms with Gasteiger partial charge in [0.15, 0.2) is 0 Å². The Kier molecular flexibility index (Phi) is 6.67. The molecule has 1 aromatic rings. The number of hydrogen-bond acceptors (Lipinski definition) is 4. The van der Waals surface area contributed by atoms with E-state index in [2.05, 4.69) is 12.2 Å². The Hall–Kier alpha value is -1.93. The maximum absolute atomic E-state index is 12.9. The minimum Gasteiger partial charge on any atom is -0.339 e. The summed E-state index contributed by atoms with van der Waals surface area (Å²) in [5.74, 6) is 0.102. The molecule has 1 N–H and O–H groups in total. The Labute approximate surface area is 185 Å². The smallest absolute Gasteiger partial charge is 0.243 e. The Bertz CT molecular complexity index is 901. The zero-order valence-electron chi connectivity index (χ0n) is 18.3. The number of nitrogens with one attached hydrogen (secondary N) is 1. The molecule has 1 unspecified atom stereocenters. The fraction of sp³-hybridized carbons (Fsp3) is 0.652. The molecule has 0 aromatic heterocycles. The monoisotopic (exact) mass is 447 g/mol. The van der Waals surface area contributed by atoms with Crippen molar-refractivity contribution in [1.82, 2.24) is 9.21 Å². The molecule has 170 valence electrons. The van der Waals surface area contributed by atoms with Gasteiger partial charge in [0.2, 0.25) is 21.8 Å². The molecule has 2 amide bonds. The Balaban J connectivity index is 1.35. The first-order chi connectivity index (χ1) is 14.8. The molecule has 0 bridgehead atoms. The van der Waals surface area contributed by atoms with E-state index in [0.717, 1.165) is 38.5 Å². The second-order valence-corrected chi connectivity index (χ2v) is 11.3. The molecule has 4 rings (SSSR count). The molecule has 8 heteroatoms. The third-order valence-electron chi connectivity index (χ3n) is 7.05. The summed E-state index contributed by atoms with van der Waals surface area (Å²) in [4.78, 5) is 27.3. The van der Waals surface area contributed by atoms with Crippen LogP contribution in [-0.4, -0.2) is 55.1 Å². The first kappa shape index (κ1) is 22.3. The molecule has 2 aliphatic heterocycles. The number of rotatable bonds is 5. The Morgan fingerprint density at radius 1 is 1.00 bits per heavy atom. The van der Waals surface area contributed by atoms with Gasteiger partial charge in [-0.2, -0.15) is 4.31 Å². The van der Waals surface area contributed by atoms with Gasteiger partial charge in [-0.25, -0.2) is 8.42 Å². The lowest BCUT2D eigenvalue weighted by atomic mass is 9.94. The summed E-state index contributed by atoms with van der Waals surface area (Å²) in [6.45, 7) is 3.73. The number of amides is 2. The zero-order chi connectivity index (χ0) is 22.0. The summed E-state index contributed by atoms with van der Waals surface area (Å²) in [7, 11) is -3.50. The van der Waals surface area contributed by atoms with E-state index >= 15 is 0 Å². The summed E-state index contributed by atoms with van der Waals surface area (Å²) in [6, 6.07) is 6.65. The average molecular weight is 448 g/mol. The van der Waals surface area contributed by atoms with Crippen molar-refractivity contribution in [2.75, 3.05) is 25.0 Å². The molecule has 2 heterocycles. The molecular formula is C23H33N3O4S. The average Bonchev–Trinajstić information content (AvgIpc) is 3.17. The van der Waals surface area contributed by atoms with Gasteiger partial charge >= 0.3 is 0 Å². The molecule has 3 fully saturated rings. The molecule has 3 aliphatic rings. The van der Waals surface area contributed by atoms with Crippen LogP contribution in [0.1, 0.15) is 58.3 Å². The quantitative estimate of drug-likeness (QED) is 0.751. The second kappa shape index (κ2) is 9.28. The topological polar surface area (TPSA) is 86.8 Å². The van der Waals surface area contributed by atoms with Gasteiger partial charge in [0.25, 0.3) is 0 Å². The van der Waals surface area contributed by atoms with E-state index in [4.69, 9.17) is 0 Å². The van der Waals surface area contributed by atoms with Crippen molar-refractivity contribution in [1.29, 1.82) is 0 Å². The molecule has 0 spiro atoms. The van der Waals surface area contributed by atoms with Crippen LogP contribution >= 0.6 is 0 Å². The molecule has 1 aliphatic carbocycles. The van der Waals surface area contributed by atoms with Crippen LogP contribution in [0.25, 0.3) is 0 Å². The number of sulfonamides is 1. The van der Waals surface area contributed by atoms with Gasteiger partial charge in [0, 0.05) is 37.8 Å². The number of likely N-dealkylation sites (tertiary alicyclic amines) is 1. The highest BCUT2D eigenvalue weighted by molar-refractivity contribution is 7.89. The van der Waals surface area contributed by atoms with Crippen molar-refractivity contribution in [3.8, 4) is 0 Å². The number of nitrogens with zero attached hydrogens (tertiary/aromatic N) is 2. The van der Waals surface area contributed by atoms with Crippen LogP contribution in [-0.2, 0) is 19.6 Å². The van der Waals surface area contributed by atoms with E-state index in [9.17, 15) is 18.0 Å². The van der Waals surface area contributed by atoms with Crippen LogP contribution in [0.2, 0.25) is 0 Å². The molecule has 31 heavy (non-hydrogen) atoms. The number of piperidine rings is 1. The normalized spacial score (nSPS) is 24.5. The molecule has 1 saturated carbocycles. The standard InChI is InChI=1S/C23H33N3O4S/c1-17-11-13-25(14-12-17)31(29,30)21-9-7-19(8-10-21)24-23(28)18-15-22(27)26(16-18)20-5-3-2-4-6-20/h7-10,17-18,20H,2-6,11-16H2,1H3,(H,24,28). The van der Waals surface area contributed by atoms with Gasteiger partial charge in [-0.15, -0.1) is 0 Å². The van der Waals surface area contributed by atoms with Crippen LogP contribution in [0.4, 0.5) is 5.69 Å². The first-order valence-corrected chi connectivity index (χ1v) is 13.0. The SMILES string of the molecule is CC1CCN(S(=O)(=O)c2ccc(NC(=O)C3CC(=O)N(C4CCCCC4)C3)cc2)CC1. The highest BCUT2D eigenvalue weighted by atomic mass is 32.2. The number of benzene rings is 1. The summed E-state index contributed by atoms with van der Waals surface area (Å²) in [5.41, 5.74) is 0.555. The van der Waals surface area contributed by atoms with Gasteiger partial charge in [0.1, 0.15) is 0 Å². The fourth-order valence-electron chi connectivity index (χ4n) is 4.98. The third-order valence-corrected chi connectivity index (χ3v) is 8.96. The Morgan fingerprint density at radius 3 is 2.29 bits per heavy atom. The van der Waals surface area contributed by atoms with Crippen LogP contribution in [0.15, 0.2) is 29.2 Å². The van der Waals surface area contributed by atoms with E-state index < -0.39 is 10.0 Å². The maximum atomic E-state index is 12.9. The van der Waals surface area contributed by atoms with E-state index in [1.807, 2.05) is 4.90 Å². The van der Waals surface area contributed by atoms with E-state index in [1.54, 1.807) is 28.6 Å². The summed E-state index contributed by atoms with van der Waals surface area (Å²) in [6.07, 6.45) is 7.61. The highest BCUT2D eigenvalue weighted by Crippen LogP contribution is 2.29. The first-order valence-electron chi connectivity index (χ1n) is 11.5. The lowest BCUT2D eigenvalue weighted by molar-refractivity contribution is -0.130. The van der Waals surface area contributed by atoms with E-state index in [-0.39, 0.29) is 35.1 Å². The zero-order valence-corrected chi connectivity index (χ0v) is 19.1. The molecule has 0 radical (unpaired) electrons. The van der Waals surface area contributed by atoms with Gasteiger partial charge < -0.3 is 10.2 Å². The number of anilines is 1. The van der Waals surface area contributed by atoms with Crippen molar-refractivity contribution < 1.29 is 18.0 Å². The number of carbonyl (C=O) groups is 2. The maximum Gasteiger partial charge on any atom is 0.243 e. The molecule has 7 nitrogen and oxygen atoms in total. The van der Waals surface area contributed by atoms with Crippen LogP contribution in [0, 0.1) is 11.8 Å². The van der Waals surface area contributed by atoms with E-state index in [1.165, 1.54) is 6.42 Å². The molecule has 1 atom stereocenters. The molecular weight excluding hydrogens is 414 g/mol. The largest absolute Gasteiger partial charge is 0.339 e. The number of hydrogen-bond donors (Lipinski definition) is 1. The predicted molar refractivity (Wildman–Crippen MR) is 119 cm³/mol. The van der Waals surface area contributed by atoms with Crippen LogP contribution in [0.3, 0.4) is 0 Å². The van der Waals surface area contributed by atoms with Crippen molar-refractivity contribution >= 4 is 27.5 Å². The van der Waals surface area contributed by atoms with Crippen molar-refractivity contribution in [2.24, 2.45) is 11.8 Å². The van der Waals surface area contributed by atoms with Crippen LogP contribution in [0.5, 0.6) is 0 Å². The summed E-state index contributed by atoms with van der Waals surface area (Å²) < 4.78 is 27.3. The predicted octanol–water partition coefficient (Wildman–Crippen LogP) is 3.23. The minimum atomic E-state index is -3.50. The van der Waals surface area contributed by atoms with Crippen molar-refractivity contribution in [2.45, 2.75) is 69.2 Å². The molecule has 1 aromatic carbocycles. The van der Waals surface area contributed by atoms with Crippen LogP contribution < -0.4 is 5.32 Å². The number of carbonyl (C=O) groups excluding carboxylic acids is 2. The highest BCUT2D eigenvalue weighted by Gasteiger charge is 2.38. The van der Waals surface area contributed by atoms with Gasteiger partial charge in [-0.05, 0) is 55.9 Å². The second-order valence-electron chi connectivity index (χ2n) is 9.34. The Morgan fingerprint density at radius 2 is 1.65 bits per heavy atom. The van der Waals surface area contributed by atoms with Crippen molar-refractivity contribution in [3.05, 3.63) is 24.3 Å². The lowest BCUT2D eigenvalue weighted by Crippen LogP contribution is -2.38.